The number of fused-ring (bicyclic) bond motifs is 1. The molecule has 2 rings (SSSR count). The van der Waals surface area contributed by atoms with Gasteiger partial charge in [0, 0.05) is 5.69 Å². The molecule has 0 atom stereocenters. The maximum Gasteiger partial charge on any atom is 0.0813 e. The number of hydrogen-bond donors (Lipinski definition) is 1. The first-order valence-corrected chi connectivity index (χ1v) is 5.25. The fraction of sp³-hybridized carbons (Fsp3) is 0.182. The van der Waals surface area contributed by atoms with Crippen LogP contribution in [-0.2, 0) is 0 Å². The Hall–Kier alpha value is -1.53. The minimum atomic E-state index is 0.695. The highest BCUT2D eigenvalue weighted by Gasteiger charge is 1.96. The lowest BCUT2D eigenvalue weighted by molar-refractivity contribution is 1.38. The van der Waals surface area contributed by atoms with E-state index in [4.69, 9.17) is 0 Å². The van der Waals surface area contributed by atoms with Crippen molar-refractivity contribution in [2.24, 2.45) is 0 Å². The van der Waals surface area contributed by atoms with Crippen LogP contribution in [0.3, 0.4) is 0 Å². The Kier molecular flexibility index (Phi) is 2.66. The third-order valence-corrected chi connectivity index (χ3v) is 2.68. The number of anilines is 1. The maximum atomic E-state index is 4.22. The molecule has 0 unspecified atom stereocenters. The minimum Gasteiger partial charge on any atom is -0.374 e. The summed E-state index contributed by atoms with van der Waals surface area (Å²) in [5.41, 5.74) is 4.02. The number of aromatic nitrogens is 1. The standard InChI is InChI=1S/C11H10N2S/c1-2-3-6-12-9-4-5-10-11(7-9)14-8-13-10/h4-5,7-8,12H,6H2,1H3. The van der Waals surface area contributed by atoms with Crippen LogP contribution in [0.2, 0.25) is 0 Å². The molecule has 0 fully saturated rings. The summed E-state index contributed by atoms with van der Waals surface area (Å²) >= 11 is 1.65. The van der Waals surface area contributed by atoms with Gasteiger partial charge in [0.15, 0.2) is 0 Å². The fourth-order valence-corrected chi connectivity index (χ4v) is 1.92. The lowest BCUT2D eigenvalue weighted by Gasteiger charge is -2.00. The van der Waals surface area contributed by atoms with Crippen LogP contribution in [0.25, 0.3) is 10.2 Å². The Bertz CT molecular complexity index is 490. The fourth-order valence-electron chi connectivity index (χ4n) is 1.20. The van der Waals surface area contributed by atoms with Gasteiger partial charge in [-0.15, -0.1) is 17.3 Å². The molecular weight excluding hydrogens is 192 g/mol. The molecule has 0 radical (unpaired) electrons. The summed E-state index contributed by atoms with van der Waals surface area (Å²) in [5, 5.41) is 3.23. The average molecular weight is 202 g/mol. The van der Waals surface area contributed by atoms with E-state index in [1.54, 1.807) is 11.3 Å². The summed E-state index contributed by atoms with van der Waals surface area (Å²) in [7, 11) is 0. The molecule has 0 aliphatic rings. The number of benzene rings is 1. The summed E-state index contributed by atoms with van der Waals surface area (Å²) in [4.78, 5) is 4.22. The van der Waals surface area contributed by atoms with E-state index in [1.807, 2.05) is 24.6 Å². The van der Waals surface area contributed by atoms with Gasteiger partial charge in [-0.1, -0.05) is 5.92 Å². The van der Waals surface area contributed by atoms with Gasteiger partial charge >= 0.3 is 0 Å². The smallest absolute Gasteiger partial charge is 0.0813 e. The predicted molar refractivity (Wildman–Crippen MR) is 61.6 cm³/mol. The van der Waals surface area contributed by atoms with Crippen molar-refractivity contribution < 1.29 is 0 Å². The molecule has 0 spiro atoms. The van der Waals surface area contributed by atoms with Gasteiger partial charge < -0.3 is 5.32 Å². The van der Waals surface area contributed by atoms with Crippen molar-refractivity contribution in [3.05, 3.63) is 23.7 Å². The van der Waals surface area contributed by atoms with Crippen molar-refractivity contribution in [2.45, 2.75) is 6.92 Å². The first-order chi connectivity index (χ1) is 6.90. The molecule has 0 aliphatic heterocycles. The van der Waals surface area contributed by atoms with Crippen LogP contribution in [0.1, 0.15) is 6.92 Å². The van der Waals surface area contributed by atoms with E-state index in [-0.39, 0.29) is 0 Å². The normalized spacial score (nSPS) is 9.50. The third-order valence-electron chi connectivity index (χ3n) is 1.89. The Balaban J connectivity index is 2.20. The Labute approximate surface area is 87.0 Å². The largest absolute Gasteiger partial charge is 0.374 e. The molecule has 0 saturated carbocycles. The molecular formula is C11H10N2S. The number of rotatable bonds is 2. The van der Waals surface area contributed by atoms with Gasteiger partial charge in [-0.05, 0) is 25.1 Å². The van der Waals surface area contributed by atoms with Crippen LogP contribution in [0.15, 0.2) is 23.7 Å². The van der Waals surface area contributed by atoms with Crippen LogP contribution in [0, 0.1) is 11.8 Å². The van der Waals surface area contributed by atoms with Crippen molar-refractivity contribution in [2.75, 3.05) is 11.9 Å². The molecule has 1 heterocycles. The number of thiazole rings is 1. The summed E-state index contributed by atoms with van der Waals surface area (Å²) in [6.45, 7) is 2.54. The van der Waals surface area contributed by atoms with Gasteiger partial charge in [0.1, 0.15) is 0 Å². The van der Waals surface area contributed by atoms with E-state index in [9.17, 15) is 0 Å². The summed E-state index contributed by atoms with van der Waals surface area (Å²) in [6, 6.07) is 6.15. The molecule has 0 bridgehead atoms. The Morgan fingerprint density at radius 2 is 2.43 bits per heavy atom. The second-order valence-electron chi connectivity index (χ2n) is 2.82. The van der Waals surface area contributed by atoms with Crippen molar-refractivity contribution in [1.82, 2.24) is 4.98 Å². The van der Waals surface area contributed by atoms with Crippen molar-refractivity contribution in [1.29, 1.82) is 0 Å². The van der Waals surface area contributed by atoms with Gasteiger partial charge in [-0.2, -0.15) is 0 Å². The first-order valence-electron chi connectivity index (χ1n) is 4.37. The van der Waals surface area contributed by atoms with Gasteiger partial charge in [-0.25, -0.2) is 4.98 Å². The topological polar surface area (TPSA) is 24.9 Å². The molecule has 1 N–H and O–H groups in total. The monoisotopic (exact) mass is 202 g/mol. The van der Waals surface area contributed by atoms with Gasteiger partial charge in [-0.3, -0.25) is 0 Å². The van der Waals surface area contributed by atoms with Gasteiger partial charge in [0.05, 0.1) is 22.3 Å². The van der Waals surface area contributed by atoms with Gasteiger partial charge in [0.25, 0.3) is 0 Å². The Morgan fingerprint density at radius 3 is 3.29 bits per heavy atom. The zero-order valence-corrected chi connectivity index (χ0v) is 8.69. The Morgan fingerprint density at radius 1 is 1.50 bits per heavy atom. The van der Waals surface area contributed by atoms with Crippen molar-refractivity contribution >= 4 is 27.2 Å². The van der Waals surface area contributed by atoms with E-state index in [0.717, 1.165) is 11.2 Å². The quantitative estimate of drug-likeness (QED) is 0.757. The molecule has 14 heavy (non-hydrogen) atoms. The molecule has 1 aromatic heterocycles. The molecule has 2 aromatic rings. The van der Waals surface area contributed by atoms with Gasteiger partial charge in [0.2, 0.25) is 0 Å². The second-order valence-corrected chi connectivity index (χ2v) is 3.70. The number of nitrogens with one attached hydrogen (secondary N) is 1. The highest BCUT2D eigenvalue weighted by molar-refractivity contribution is 7.16. The minimum absolute atomic E-state index is 0.695. The van der Waals surface area contributed by atoms with Crippen LogP contribution < -0.4 is 5.32 Å². The highest BCUT2D eigenvalue weighted by atomic mass is 32.1. The molecule has 2 nitrogen and oxygen atoms in total. The molecule has 0 saturated heterocycles. The van der Waals surface area contributed by atoms with E-state index < -0.39 is 0 Å². The molecule has 70 valence electrons. The van der Waals surface area contributed by atoms with E-state index in [1.165, 1.54) is 4.70 Å². The SMILES string of the molecule is CC#CCNc1ccc2ncsc2c1. The average Bonchev–Trinajstić information content (AvgIpc) is 2.65. The van der Waals surface area contributed by atoms with Crippen LogP contribution >= 0.6 is 11.3 Å². The maximum absolute atomic E-state index is 4.22. The number of hydrogen-bond acceptors (Lipinski definition) is 3. The second kappa shape index (κ2) is 4.12. The van der Waals surface area contributed by atoms with E-state index >= 15 is 0 Å². The first kappa shape index (κ1) is 9.04. The molecule has 1 aromatic carbocycles. The summed E-state index contributed by atoms with van der Waals surface area (Å²) < 4.78 is 1.21. The number of nitrogens with zero attached hydrogens (tertiary/aromatic N) is 1. The summed E-state index contributed by atoms with van der Waals surface area (Å²) in [5.74, 6) is 5.81. The summed E-state index contributed by atoms with van der Waals surface area (Å²) in [6.07, 6.45) is 0. The van der Waals surface area contributed by atoms with E-state index in [2.05, 4.69) is 28.2 Å². The highest BCUT2D eigenvalue weighted by Crippen LogP contribution is 2.21. The van der Waals surface area contributed by atoms with Crippen molar-refractivity contribution in [3.8, 4) is 11.8 Å². The lowest BCUT2D eigenvalue weighted by Crippen LogP contribution is -1.97. The van der Waals surface area contributed by atoms with Crippen LogP contribution in [-0.4, -0.2) is 11.5 Å². The zero-order valence-electron chi connectivity index (χ0n) is 7.87. The molecule has 0 amide bonds. The van der Waals surface area contributed by atoms with Crippen molar-refractivity contribution in [3.63, 3.8) is 0 Å². The predicted octanol–water partition coefficient (Wildman–Crippen LogP) is 2.73. The molecule has 3 heteroatoms. The lowest BCUT2D eigenvalue weighted by atomic mass is 10.3. The van der Waals surface area contributed by atoms with E-state index in [0.29, 0.717) is 6.54 Å². The zero-order chi connectivity index (χ0) is 9.80. The third kappa shape index (κ3) is 1.86. The van der Waals surface area contributed by atoms with Crippen LogP contribution in [0.4, 0.5) is 5.69 Å². The molecule has 0 aliphatic carbocycles. The van der Waals surface area contributed by atoms with Crippen LogP contribution in [0.5, 0.6) is 0 Å².